The quantitative estimate of drug-likeness (QED) is 0.751. The second-order valence-corrected chi connectivity index (χ2v) is 4.29. The molecule has 0 aromatic rings. The first-order valence-corrected chi connectivity index (χ1v) is 6.38. The third-order valence-electron chi connectivity index (χ3n) is 3.16. The standard InChI is InChI=1S/C14H24N2/c1-5-8-11(9-6-2)13-10-16-14(15-4)12(13)7-3/h7,10-11H,5-6,8-9H2,1-4H3,(H,15,16)/b12-7-. The van der Waals surface area contributed by atoms with Gasteiger partial charge in [-0.1, -0.05) is 32.8 Å². The van der Waals surface area contributed by atoms with Crippen molar-refractivity contribution in [3.63, 3.8) is 0 Å². The molecule has 16 heavy (non-hydrogen) atoms. The molecule has 0 saturated heterocycles. The van der Waals surface area contributed by atoms with E-state index in [0.29, 0.717) is 5.92 Å². The summed E-state index contributed by atoms with van der Waals surface area (Å²) in [5.41, 5.74) is 2.75. The van der Waals surface area contributed by atoms with E-state index in [9.17, 15) is 0 Å². The Morgan fingerprint density at radius 3 is 2.38 bits per heavy atom. The minimum Gasteiger partial charge on any atom is -0.346 e. The molecule has 0 radical (unpaired) electrons. The summed E-state index contributed by atoms with van der Waals surface area (Å²) in [6.45, 7) is 6.61. The maximum atomic E-state index is 4.28. The Morgan fingerprint density at radius 2 is 1.94 bits per heavy atom. The number of nitrogens with one attached hydrogen (secondary N) is 1. The van der Waals surface area contributed by atoms with E-state index in [-0.39, 0.29) is 0 Å². The van der Waals surface area contributed by atoms with Crippen LogP contribution < -0.4 is 5.32 Å². The van der Waals surface area contributed by atoms with Gasteiger partial charge in [-0.25, -0.2) is 0 Å². The molecule has 1 heterocycles. The summed E-state index contributed by atoms with van der Waals surface area (Å²) in [5.74, 6) is 1.71. The maximum absolute atomic E-state index is 4.28. The molecule has 0 atom stereocenters. The number of hydrogen-bond acceptors (Lipinski definition) is 1. The van der Waals surface area contributed by atoms with Gasteiger partial charge >= 0.3 is 0 Å². The van der Waals surface area contributed by atoms with Gasteiger partial charge < -0.3 is 5.32 Å². The van der Waals surface area contributed by atoms with Crippen molar-refractivity contribution in [2.75, 3.05) is 7.05 Å². The molecule has 0 aromatic carbocycles. The van der Waals surface area contributed by atoms with E-state index in [2.05, 4.69) is 43.4 Å². The number of allylic oxidation sites excluding steroid dienone is 1. The van der Waals surface area contributed by atoms with Crippen molar-refractivity contribution < 1.29 is 0 Å². The zero-order chi connectivity index (χ0) is 12.0. The monoisotopic (exact) mass is 220 g/mol. The third-order valence-corrected chi connectivity index (χ3v) is 3.16. The van der Waals surface area contributed by atoms with Crippen LogP contribution >= 0.6 is 0 Å². The van der Waals surface area contributed by atoms with Gasteiger partial charge in [0.25, 0.3) is 0 Å². The van der Waals surface area contributed by atoms with Crippen molar-refractivity contribution in [1.82, 2.24) is 5.32 Å². The second-order valence-electron chi connectivity index (χ2n) is 4.29. The Morgan fingerprint density at radius 1 is 1.31 bits per heavy atom. The molecule has 0 aliphatic carbocycles. The minimum absolute atomic E-state index is 0.688. The van der Waals surface area contributed by atoms with Gasteiger partial charge in [0.05, 0.1) is 0 Å². The van der Waals surface area contributed by atoms with Crippen LogP contribution in [0.1, 0.15) is 46.5 Å². The van der Waals surface area contributed by atoms with Gasteiger partial charge in [-0.15, -0.1) is 0 Å². The molecular formula is C14H24N2. The van der Waals surface area contributed by atoms with Gasteiger partial charge in [-0.2, -0.15) is 0 Å². The van der Waals surface area contributed by atoms with Crippen LogP contribution in [0.4, 0.5) is 0 Å². The predicted molar refractivity (Wildman–Crippen MR) is 71.6 cm³/mol. The molecule has 1 rings (SSSR count). The zero-order valence-corrected chi connectivity index (χ0v) is 11.0. The van der Waals surface area contributed by atoms with Crippen LogP contribution in [-0.2, 0) is 0 Å². The number of rotatable bonds is 5. The lowest BCUT2D eigenvalue weighted by Gasteiger charge is -2.17. The Labute approximate surface area is 99.5 Å². The lowest BCUT2D eigenvalue weighted by Crippen LogP contribution is -2.13. The number of nitrogens with zero attached hydrogens (tertiary/aromatic N) is 1. The smallest absolute Gasteiger partial charge is 0.132 e. The van der Waals surface area contributed by atoms with E-state index < -0.39 is 0 Å². The van der Waals surface area contributed by atoms with Gasteiger partial charge in [0.2, 0.25) is 0 Å². The van der Waals surface area contributed by atoms with Crippen molar-refractivity contribution >= 4 is 5.84 Å². The summed E-state index contributed by atoms with van der Waals surface area (Å²) in [4.78, 5) is 4.28. The second kappa shape index (κ2) is 6.51. The van der Waals surface area contributed by atoms with Crippen LogP contribution in [0.25, 0.3) is 0 Å². The highest BCUT2D eigenvalue weighted by Gasteiger charge is 2.23. The fourth-order valence-corrected chi connectivity index (χ4v) is 2.42. The van der Waals surface area contributed by atoms with Crippen LogP contribution in [0.3, 0.4) is 0 Å². The molecule has 0 aromatic heterocycles. The molecule has 2 nitrogen and oxygen atoms in total. The molecule has 0 unspecified atom stereocenters. The summed E-state index contributed by atoms with van der Waals surface area (Å²) in [6.07, 6.45) is 9.36. The van der Waals surface area contributed by atoms with Crippen molar-refractivity contribution in [3.05, 3.63) is 23.4 Å². The van der Waals surface area contributed by atoms with E-state index in [4.69, 9.17) is 0 Å². The molecule has 2 heteroatoms. The van der Waals surface area contributed by atoms with Gasteiger partial charge in [0.1, 0.15) is 5.84 Å². The topological polar surface area (TPSA) is 24.4 Å². The molecule has 90 valence electrons. The molecule has 0 amide bonds. The summed E-state index contributed by atoms with van der Waals surface area (Å²) in [6, 6.07) is 0. The fourth-order valence-electron chi connectivity index (χ4n) is 2.42. The van der Waals surface area contributed by atoms with E-state index >= 15 is 0 Å². The summed E-state index contributed by atoms with van der Waals surface area (Å²) < 4.78 is 0. The Hall–Kier alpha value is -1.05. The van der Waals surface area contributed by atoms with E-state index in [1.165, 1.54) is 36.8 Å². The molecule has 1 aliphatic rings. The Kier molecular flexibility index (Phi) is 5.30. The minimum atomic E-state index is 0.688. The van der Waals surface area contributed by atoms with E-state index in [0.717, 1.165) is 5.84 Å². The van der Waals surface area contributed by atoms with Crippen LogP contribution in [0, 0.1) is 5.92 Å². The highest BCUT2D eigenvalue weighted by atomic mass is 15.0. The predicted octanol–water partition coefficient (Wildman–Crippen LogP) is 3.66. The Bertz CT molecular complexity index is 305. The first kappa shape index (κ1) is 13.0. The first-order chi connectivity index (χ1) is 7.78. The molecule has 0 bridgehead atoms. The summed E-state index contributed by atoms with van der Waals surface area (Å²) in [7, 11) is 1.84. The maximum Gasteiger partial charge on any atom is 0.132 e. The van der Waals surface area contributed by atoms with Crippen LogP contribution in [-0.4, -0.2) is 12.9 Å². The van der Waals surface area contributed by atoms with Gasteiger partial charge in [-0.05, 0) is 31.3 Å². The highest BCUT2D eigenvalue weighted by Crippen LogP contribution is 2.30. The van der Waals surface area contributed by atoms with Gasteiger partial charge in [0.15, 0.2) is 0 Å². The molecule has 0 fully saturated rings. The lowest BCUT2D eigenvalue weighted by molar-refractivity contribution is 0.511. The number of aliphatic imine (C=N–C) groups is 1. The van der Waals surface area contributed by atoms with Crippen molar-refractivity contribution in [1.29, 1.82) is 0 Å². The average molecular weight is 220 g/mol. The van der Waals surface area contributed by atoms with E-state index in [1.807, 2.05) is 7.05 Å². The zero-order valence-electron chi connectivity index (χ0n) is 11.0. The Balaban J connectivity index is 2.85. The first-order valence-electron chi connectivity index (χ1n) is 6.38. The highest BCUT2D eigenvalue weighted by molar-refractivity contribution is 6.05. The number of hydrogen-bond donors (Lipinski definition) is 1. The average Bonchev–Trinajstić information content (AvgIpc) is 2.71. The van der Waals surface area contributed by atoms with Crippen LogP contribution in [0.15, 0.2) is 28.4 Å². The molecule has 0 spiro atoms. The molecule has 0 saturated carbocycles. The summed E-state index contributed by atoms with van der Waals surface area (Å²) >= 11 is 0. The largest absolute Gasteiger partial charge is 0.346 e. The van der Waals surface area contributed by atoms with Crippen LogP contribution in [0.2, 0.25) is 0 Å². The number of amidine groups is 1. The van der Waals surface area contributed by atoms with Crippen molar-refractivity contribution in [2.45, 2.75) is 46.5 Å². The third kappa shape index (κ3) is 2.75. The van der Waals surface area contributed by atoms with Crippen molar-refractivity contribution in [2.24, 2.45) is 10.9 Å². The molecule has 1 aliphatic heterocycles. The lowest BCUT2D eigenvalue weighted by atomic mass is 9.87. The SMILES string of the molecule is C/C=C1/C(C(CCC)CCC)=CNC1=NC. The fraction of sp³-hybridized carbons (Fsp3) is 0.643. The van der Waals surface area contributed by atoms with Gasteiger partial charge in [0, 0.05) is 18.8 Å². The normalized spacial score (nSPS) is 20.7. The summed E-state index contributed by atoms with van der Waals surface area (Å²) in [5, 5.41) is 3.27. The van der Waals surface area contributed by atoms with Crippen LogP contribution in [0.5, 0.6) is 0 Å². The van der Waals surface area contributed by atoms with E-state index in [1.54, 1.807) is 0 Å². The van der Waals surface area contributed by atoms with Crippen molar-refractivity contribution in [3.8, 4) is 0 Å². The van der Waals surface area contributed by atoms with Gasteiger partial charge in [-0.3, -0.25) is 4.99 Å². The molecular weight excluding hydrogens is 196 g/mol. The molecule has 1 N–H and O–H groups in total.